The first-order valence-electron chi connectivity index (χ1n) is 11.8. The van der Waals surface area contributed by atoms with Crippen molar-refractivity contribution in [3.05, 3.63) is 52.6 Å². The van der Waals surface area contributed by atoms with Gasteiger partial charge in [-0.1, -0.05) is 36.7 Å². The predicted molar refractivity (Wildman–Crippen MR) is 138 cm³/mol. The number of carbonyl (C=O) groups excluding carboxylic acids is 2. The number of nitrogens with zero attached hydrogens (tertiary/aromatic N) is 2. The third kappa shape index (κ3) is 7.07. The van der Waals surface area contributed by atoms with Crippen molar-refractivity contribution in [3.63, 3.8) is 0 Å². The number of nitrogens with two attached hydrogens (primary N) is 1. The Morgan fingerprint density at radius 1 is 1.32 bits per heavy atom. The van der Waals surface area contributed by atoms with Gasteiger partial charge in [-0.3, -0.25) is 13.9 Å². The van der Waals surface area contributed by atoms with Crippen molar-refractivity contribution < 1.29 is 38.2 Å². The molecule has 38 heavy (non-hydrogen) atoms. The van der Waals surface area contributed by atoms with Crippen molar-refractivity contribution >= 4 is 36.6 Å². The molecule has 3 rings (SSSR count). The minimum absolute atomic E-state index is 0.0321. The summed E-state index contributed by atoms with van der Waals surface area (Å²) in [6.07, 6.45) is -3.21. The van der Waals surface area contributed by atoms with Crippen LogP contribution in [0.3, 0.4) is 0 Å². The van der Waals surface area contributed by atoms with E-state index in [-0.39, 0.29) is 35.7 Å². The quantitative estimate of drug-likeness (QED) is 0.250. The van der Waals surface area contributed by atoms with Crippen LogP contribution in [-0.4, -0.2) is 61.4 Å². The molecule has 4 N–H and O–H groups in total. The van der Waals surface area contributed by atoms with Gasteiger partial charge in [0.05, 0.1) is 12.8 Å². The summed E-state index contributed by atoms with van der Waals surface area (Å²) in [6, 6.07) is 7.97. The molecule has 1 saturated heterocycles. The SMILES string of the molecule is CC(=O)CCc1ccccc1OP(=O)(C[C@@H](C)C(C)=O)OC[C@H]1O[C@@H](n2ccc(N)nc2=O)C(O)(Cl)[C@H]1O. The minimum atomic E-state index is -4.07. The van der Waals surface area contributed by atoms with E-state index >= 15 is 0 Å². The largest absolute Gasteiger partial charge is 0.424 e. The Hall–Kier alpha value is -2.60. The monoisotopic (exact) mass is 571 g/mol. The molecule has 0 amide bonds. The van der Waals surface area contributed by atoms with Gasteiger partial charge < -0.3 is 30.0 Å². The number of alkyl halides is 1. The van der Waals surface area contributed by atoms with Gasteiger partial charge in [0.15, 0.2) is 6.23 Å². The molecule has 1 aliphatic rings. The summed E-state index contributed by atoms with van der Waals surface area (Å²) < 4.78 is 31.8. The third-order valence-electron chi connectivity index (χ3n) is 6.10. The van der Waals surface area contributed by atoms with Gasteiger partial charge in [-0.2, -0.15) is 4.98 Å². The number of halogens is 1. The maximum Gasteiger partial charge on any atom is 0.380 e. The van der Waals surface area contributed by atoms with Crippen LogP contribution in [0.5, 0.6) is 5.75 Å². The Balaban J connectivity index is 1.84. The zero-order valence-electron chi connectivity index (χ0n) is 21.2. The smallest absolute Gasteiger partial charge is 0.380 e. The lowest BCUT2D eigenvalue weighted by molar-refractivity contribution is -0.120. The highest BCUT2D eigenvalue weighted by atomic mass is 35.5. The van der Waals surface area contributed by atoms with Gasteiger partial charge >= 0.3 is 13.3 Å². The summed E-state index contributed by atoms with van der Waals surface area (Å²) in [4.78, 5) is 39.2. The molecule has 0 aliphatic carbocycles. The van der Waals surface area contributed by atoms with Crippen LogP contribution in [0.2, 0.25) is 0 Å². The number of carbonyl (C=O) groups is 2. The van der Waals surface area contributed by atoms with E-state index in [2.05, 4.69) is 4.98 Å². The molecule has 14 heteroatoms. The second-order valence-electron chi connectivity index (χ2n) is 9.24. The summed E-state index contributed by atoms with van der Waals surface area (Å²) in [5.41, 5.74) is 5.23. The average molecular weight is 572 g/mol. The lowest BCUT2D eigenvalue weighted by Crippen LogP contribution is -2.44. The number of para-hydroxylation sites is 1. The van der Waals surface area contributed by atoms with Gasteiger partial charge in [0.2, 0.25) is 5.06 Å². The number of anilines is 1. The maximum atomic E-state index is 13.9. The van der Waals surface area contributed by atoms with E-state index < -0.39 is 49.3 Å². The molecule has 1 aliphatic heterocycles. The number of aromatic nitrogens is 2. The summed E-state index contributed by atoms with van der Waals surface area (Å²) in [7, 11) is -4.07. The van der Waals surface area contributed by atoms with E-state index in [1.54, 1.807) is 31.2 Å². The number of ether oxygens (including phenoxy) is 1. The molecule has 1 fully saturated rings. The number of nitrogen functional groups attached to an aromatic ring is 1. The highest BCUT2D eigenvalue weighted by Crippen LogP contribution is 2.52. The van der Waals surface area contributed by atoms with Crippen LogP contribution >= 0.6 is 19.2 Å². The zero-order valence-corrected chi connectivity index (χ0v) is 22.8. The molecule has 0 saturated carbocycles. The normalized spacial score (nSPS) is 25.5. The second-order valence-corrected chi connectivity index (χ2v) is 11.9. The number of aryl methyl sites for hydroxylation is 1. The fraction of sp³-hybridized carbons (Fsp3) is 0.500. The highest BCUT2D eigenvalue weighted by molar-refractivity contribution is 7.54. The Morgan fingerprint density at radius 2 is 2.00 bits per heavy atom. The van der Waals surface area contributed by atoms with E-state index in [0.29, 0.717) is 12.0 Å². The van der Waals surface area contributed by atoms with Gasteiger partial charge in [0, 0.05) is 18.5 Å². The van der Waals surface area contributed by atoms with Crippen molar-refractivity contribution in [1.82, 2.24) is 9.55 Å². The molecule has 1 aromatic heterocycles. The number of aliphatic hydroxyl groups excluding tert-OH is 1. The Morgan fingerprint density at radius 3 is 2.63 bits per heavy atom. The van der Waals surface area contributed by atoms with Crippen molar-refractivity contribution in [1.29, 1.82) is 0 Å². The van der Waals surface area contributed by atoms with Crippen molar-refractivity contribution in [2.75, 3.05) is 18.5 Å². The van der Waals surface area contributed by atoms with Gasteiger partial charge in [-0.25, -0.2) is 9.36 Å². The molecule has 2 aromatic rings. The first kappa shape index (κ1) is 29.9. The number of hydrogen-bond acceptors (Lipinski definition) is 11. The number of aliphatic hydroxyl groups is 2. The lowest BCUT2D eigenvalue weighted by Gasteiger charge is -2.25. The van der Waals surface area contributed by atoms with Crippen LogP contribution in [0.1, 0.15) is 39.0 Å². The number of benzene rings is 1. The molecule has 208 valence electrons. The Kier molecular flexibility index (Phi) is 9.51. The Labute approximate surface area is 224 Å². The molecular weight excluding hydrogens is 541 g/mol. The topological polar surface area (TPSA) is 180 Å². The van der Waals surface area contributed by atoms with E-state index in [0.717, 1.165) is 4.57 Å². The zero-order chi connectivity index (χ0) is 28.3. The molecule has 0 bridgehead atoms. The summed E-state index contributed by atoms with van der Waals surface area (Å²) >= 11 is 6.15. The predicted octanol–water partition coefficient (Wildman–Crippen LogP) is 2.05. The van der Waals surface area contributed by atoms with Gasteiger partial charge in [-0.15, -0.1) is 0 Å². The van der Waals surface area contributed by atoms with E-state index in [1.165, 1.54) is 26.1 Å². The molecular formula is C24H31ClN3O9P. The first-order valence-corrected chi connectivity index (χ1v) is 13.9. The molecule has 6 atom stereocenters. The number of ketones is 2. The molecule has 1 aromatic carbocycles. The third-order valence-corrected chi connectivity index (χ3v) is 8.53. The standard InChI is InChI=1S/C24H31ClN3O9P/c1-14(16(3)30)13-38(34,37-18-7-5-4-6-17(18)9-8-15(2)29)35-12-19-21(31)24(25,33)22(36-19)28-11-10-20(26)27-23(28)32/h4-7,10-11,14,19,21-22,31,33H,8-9,12-13H2,1-3H3,(H2,26,27,32)/t14-,19-,21+,22-,24?,38?/m1/s1. The van der Waals surface area contributed by atoms with Crippen molar-refractivity contribution in [2.24, 2.45) is 5.92 Å². The van der Waals surface area contributed by atoms with E-state index in [4.69, 9.17) is 31.1 Å². The van der Waals surface area contributed by atoms with Crippen LogP contribution in [0.25, 0.3) is 0 Å². The summed E-state index contributed by atoms with van der Waals surface area (Å²) in [6.45, 7) is 3.80. The van der Waals surface area contributed by atoms with Gasteiger partial charge in [0.1, 0.15) is 35.3 Å². The maximum absolute atomic E-state index is 13.9. The number of hydrogen-bond donors (Lipinski definition) is 3. The summed E-state index contributed by atoms with van der Waals surface area (Å²) in [5, 5.41) is 18.9. The molecule has 12 nitrogen and oxygen atoms in total. The fourth-order valence-electron chi connectivity index (χ4n) is 3.76. The van der Waals surface area contributed by atoms with E-state index in [9.17, 15) is 29.2 Å². The second kappa shape index (κ2) is 12.1. The van der Waals surface area contributed by atoms with Crippen LogP contribution in [0, 0.1) is 5.92 Å². The van der Waals surface area contributed by atoms with Gasteiger partial charge in [-0.05, 0) is 38.0 Å². The van der Waals surface area contributed by atoms with Crippen LogP contribution < -0.4 is 15.9 Å². The fourth-order valence-corrected chi connectivity index (χ4v) is 6.07. The van der Waals surface area contributed by atoms with Gasteiger partial charge in [0.25, 0.3) is 0 Å². The number of Topliss-reactive ketones (excluding diaryl/α,β-unsaturated/α-hetero) is 2. The molecule has 0 radical (unpaired) electrons. The highest BCUT2D eigenvalue weighted by Gasteiger charge is 2.56. The van der Waals surface area contributed by atoms with Crippen LogP contribution in [0.4, 0.5) is 5.82 Å². The van der Waals surface area contributed by atoms with Crippen molar-refractivity contribution in [3.8, 4) is 5.75 Å². The molecule has 2 unspecified atom stereocenters. The van der Waals surface area contributed by atoms with E-state index in [1.807, 2.05) is 0 Å². The summed E-state index contributed by atoms with van der Waals surface area (Å²) in [5.74, 6) is -0.826. The number of rotatable bonds is 12. The molecule has 0 spiro atoms. The minimum Gasteiger partial charge on any atom is -0.424 e. The van der Waals surface area contributed by atoms with Crippen molar-refractivity contribution in [2.45, 2.75) is 57.1 Å². The lowest BCUT2D eigenvalue weighted by atomic mass is 10.1. The first-order chi connectivity index (χ1) is 17.7. The van der Waals surface area contributed by atoms with Crippen LogP contribution in [-0.2, 0) is 29.8 Å². The van der Waals surface area contributed by atoms with Crippen LogP contribution in [0.15, 0.2) is 41.3 Å². The average Bonchev–Trinajstić information content (AvgIpc) is 3.05. The Bertz CT molecular complexity index is 1280. The molecule has 2 heterocycles.